The van der Waals surface area contributed by atoms with Crippen LogP contribution >= 0.6 is 0 Å². The van der Waals surface area contributed by atoms with E-state index in [0.29, 0.717) is 23.6 Å². The molecular weight excluding hydrogens is 418 g/mol. The fourth-order valence-corrected chi connectivity index (χ4v) is 5.87. The summed E-state index contributed by atoms with van der Waals surface area (Å²) in [5, 5.41) is 8.75. The Morgan fingerprint density at radius 1 is 0.882 bits per heavy atom. The Morgan fingerprint density at radius 2 is 1.56 bits per heavy atom. The number of nitrogens with zero attached hydrogens (tertiary/aromatic N) is 3. The number of pyridine rings is 1. The second-order valence-corrected chi connectivity index (χ2v) is 9.72. The third-order valence-electron chi connectivity index (χ3n) is 7.82. The van der Waals surface area contributed by atoms with Gasteiger partial charge in [0, 0.05) is 42.0 Å². The van der Waals surface area contributed by atoms with Crippen molar-refractivity contribution in [1.29, 1.82) is 0 Å². The molecule has 0 bridgehead atoms. The van der Waals surface area contributed by atoms with Crippen LogP contribution in [0.3, 0.4) is 0 Å². The first-order valence-electron chi connectivity index (χ1n) is 12.6. The Kier molecular flexibility index (Phi) is 5.85. The zero-order valence-electron chi connectivity index (χ0n) is 20.9. The van der Waals surface area contributed by atoms with Gasteiger partial charge in [0.1, 0.15) is 0 Å². The third kappa shape index (κ3) is 3.48. The zero-order chi connectivity index (χ0) is 23.9. The van der Waals surface area contributed by atoms with E-state index >= 15 is 0 Å². The van der Waals surface area contributed by atoms with Crippen molar-refractivity contribution in [2.24, 2.45) is 0 Å². The van der Waals surface area contributed by atoms with Crippen LogP contribution in [-0.2, 0) is 5.54 Å². The van der Waals surface area contributed by atoms with Crippen molar-refractivity contribution in [2.75, 3.05) is 0 Å². The molecule has 3 heterocycles. The fraction of sp³-hybridized carbons (Fsp3) is 0.367. The minimum Gasteiger partial charge on any atom is -0.416 e. The molecule has 4 nitrogen and oxygen atoms in total. The van der Waals surface area contributed by atoms with Crippen molar-refractivity contribution in [3.05, 3.63) is 78.0 Å². The van der Waals surface area contributed by atoms with Gasteiger partial charge in [-0.3, -0.25) is 0 Å². The Morgan fingerprint density at radius 3 is 2.21 bits per heavy atom. The highest BCUT2D eigenvalue weighted by molar-refractivity contribution is 5.71. The minimum atomic E-state index is 0.0969. The van der Waals surface area contributed by atoms with Gasteiger partial charge in [0.05, 0.1) is 5.56 Å². The van der Waals surface area contributed by atoms with Gasteiger partial charge in [-0.1, -0.05) is 52.8 Å². The third-order valence-corrected chi connectivity index (χ3v) is 7.82. The lowest BCUT2D eigenvalue weighted by atomic mass is 9.69. The summed E-state index contributed by atoms with van der Waals surface area (Å²) >= 11 is 0. The molecule has 34 heavy (non-hydrogen) atoms. The average Bonchev–Trinajstić information content (AvgIpc) is 3.38. The number of hydrogen-bond donors (Lipinski definition) is 0. The maximum atomic E-state index is 6.14. The van der Waals surface area contributed by atoms with Crippen molar-refractivity contribution in [2.45, 2.75) is 71.3 Å². The lowest BCUT2D eigenvalue weighted by Crippen LogP contribution is -2.62. The minimum absolute atomic E-state index is 0.0969. The first kappa shape index (κ1) is 22.5. The van der Waals surface area contributed by atoms with E-state index < -0.39 is 0 Å². The van der Waals surface area contributed by atoms with E-state index in [1.54, 1.807) is 0 Å². The Bertz CT molecular complexity index is 1300. The molecule has 4 aromatic rings. The molecule has 174 valence electrons. The van der Waals surface area contributed by atoms with Gasteiger partial charge in [0.15, 0.2) is 11.7 Å². The summed E-state index contributed by atoms with van der Waals surface area (Å²) in [7, 11) is 0. The van der Waals surface area contributed by atoms with Gasteiger partial charge in [-0.2, -0.15) is 4.57 Å². The number of rotatable bonds is 6. The maximum absolute atomic E-state index is 6.14. The lowest BCUT2D eigenvalue weighted by Gasteiger charge is -2.39. The van der Waals surface area contributed by atoms with Crippen LogP contribution in [0, 0.1) is 0 Å². The molecule has 1 aliphatic rings. The molecule has 0 saturated heterocycles. The predicted octanol–water partition coefficient (Wildman–Crippen LogP) is 7.50. The summed E-state index contributed by atoms with van der Waals surface area (Å²) in [5.74, 6) is 2.07. The molecule has 2 aromatic carbocycles. The van der Waals surface area contributed by atoms with Gasteiger partial charge >= 0.3 is 0 Å². The van der Waals surface area contributed by atoms with Crippen LogP contribution in [0.5, 0.6) is 0 Å². The van der Waals surface area contributed by atoms with E-state index in [4.69, 9.17) is 4.42 Å². The summed E-state index contributed by atoms with van der Waals surface area (Å²) < 4.78 is 8.66. The van der Waals surface area contributed by atoms with Gasteiger partial charge in [-0.15, -0.1) is 10.2 Å². The van der Waals surface area contributed by atoms with Crippen molar-refractivity contribution in [3.63, 3.8) is 0 Å². The van der Waals surface area contributed by atoms with Crippen molar-refractivity contribution in [1.82, 2.24) is 10.2 Å². The summed E-state index contributed by atoms with van der Waals surface area (Å²) in [4.78, 5) is 0. The molecule has 0 N–H and O–H groups in total. The molecule has 2 aromatic heterocycles. The molecule has 4 heteroatoms. The van der Waals surface area contributed by atoms with Crippen molar-refractivity contribution in [3.8, 4) is 34.2 Å². The highest BCUT2D eigenvalue weighted by Crippen LogP contribution is 2.47. The van der Waals surface area contributed by atoms with Crippen LogP contribution in [0.15, 0.2) is 71.3 Å². The number of hydrogen-bond acceptors (Lipinski definition) is 3. The summed E-state index contributed by atoms with van der Waals surface area (Å²) in [6, 6.07) is 21.6. The summed E-state index contributed by atoms with van der Waals surface area (Å²) in [6.07, 6.45) is 5.57. The zero-order valence-corrected chi connectivity index (χ0v) is 20.9. The van der Waals surface area contributed by atoms with Gasteiger partial charge in [-0.25, -0.2) is 0 Å². The first-order valence-corrected chi connectivity index (χ1v) is 12.6. The monoisotopic (exact) mass is 452 g/mol. The van der Waals surface area contributed by atoms with Crippen LogP contribution in [0.25, 0.3) is 34.2 Å². The molecule has 1 aliphatic heterocycles. The Balaban J connectivity index is 1.57. The SMILES string of the molecule is CCC1c2ccc(-c3nnc(-c4ccc(C(C)C)cc4)o3)cc2-c2cccc[n+]2C1(CC)CC. The van der Waals surface area contributed by atoms with Crippen LogP contribution < -0.4 is 4.57 Å². The van der Waals surface area contributed by atoms with Crippen molar-refractivity contribution >= 4 is 0 Å². The summed E-state index contributed by atoms with van der Waals surface area (Å²) in [5.41, 5.74) is 7.26. The molecular formula is C30H34N3O+. The van der Waals surface area contributed by atoms with Gasteiger partial charge < -0.3 is 4.42 Å². The number of benzene rings is 2. The summed E-state index contributed by atoms with van der Waals surface area (Å²) in [6.45, 7) is 11.3. The largest absolute Gasteiger partial charge is 0.416 e. The predicted molar refractivity (Wildman–Crippen MR) is 136 cm³/mol. The first-order chi connectivity index (χ1) is 16.5. The molecule has 0 spiro atoms. The molecule has 0 aliphatic carbocycles. The van der Waals surface area contributed by atoms with E-state index in [9.17, 15) is 0 Å². The molecule has 5 rings (SSSR count). The Labute approximate surface area is 202 Å². The van der Waals surface area contributed by atoms with E-state index in [1.165, 1.54) is 22.4 Å². The lowest BCUT2D eigenvalue weighted by molar-refractivity contribution is -0.762. The van der Waals surface area contributed by atoms with E-state index in [1.807, 2.05) is 0 Å². The maximum Gasteiger partial charge on any atom is 0.248 e. The average molecular weight is 453 g/mol. The van der Waals surface area contributed by atoms with Crippen LogP contribution in [0.4, 0.5) is 0 Å². The second-order valence-electron chi connectivity index (χ2n) is 9.72. The van der Waals surface area contributed by atoms with Crippen LogP contribution in [-0.4, -0.2) is 10.2 Å². The highest BCUT2D eigenvalue weighted by atomic mass is 16.4. The second kappa shape index (κ2) is 8.83. The molecule has 1 unspecified atom stereocenters. The number of fused-ring (bicyclic) bond motifs is 3. The van der Waals surface area contributed by atoms with Gasteiger partial charge in [0.2, 0.25) is 17.5 Å². The Hall–Kier alpha value is -3.27. The van der Waals surface area contributed by atoms with Gasteiger partial charge in [-0.05, 0) is 53.8 Å². The fourth-order valence-electron chi connectivity index (χ4n) is 5.87. The van der Waals surface area contributed by atoms with E-state index in [-0.39, 0.29) is 5.54 Å². The normalized spacial score (nSPS) is 16.4. The van der Waals surface area contributed by atoms with E-state index in [2.05, 4.69) is 116 Å². The molecule has 0 amide bonds. The van der Waals surface area contributed by atoms with E-state index in [0.717, 1.165) is 30.4 Å². The molecule has 0 saturated carbocycles. The highest BCUT2D eigenvalue weighted by Gasteiger charge is 2.50. The standard InChI is InChI=1S/C30H34N3O/c1-6-26-24-17-16-23(19-25(24)27-11-9-10-18-33(27)30(26,7-2)8-3)29-32-31-28(34-29)22-14-12-21(13-15-22)20(4)5/h9-20,26H,6-8H2,1-5H3/q+1. The molecule has 0 fully saturated rings. The van der Waals surface area contributed by atoms with Crippen LogP contribution in [0.2, 0.25) is 0 Å². The molecule has 0 radical (unpaired) electrons. The van der Waals surface area contributed by atoms with Gasteiger partial charge in [0.25, 0.3) is 0 Å². The van der Waals surface area contributed by atoms with Crippen LogP contribution in [0.1, 0.15) is 76.8 Å². The molecule has 1 atom stereocenters. The topological polar surface area (TPSA) is 42.8 Å². The van der Waals surface area contributed by atoms with Crippen molar-refractivity contribution < 1.29 is 8.98 Å². The number of aromatic nitrogens is 3. The quantitative estimate of drug-likeness (QED) is 0.284. The smallest absolute Gasteiger partial charge is 0.248 e.